The van der Waals surface area contributed by atoms with Gasteiger partial charge in [0.2, 0.25) is 11.9 Å². The second-order valence-corrected chi connectivity index (χ2v) is 5.86. The second kappa shape index (κ2) is 6.18. The van der Waals surface area contributed by atoms with E-state index in [9.17, 15) is 4.79 Å². The molecule has 1 aromatic carbocycles. The summed E-state index contributed by atoms with van der Waals surface area (Å²) in [5.41, 5.74) is 2.39. The predicted octanol–water partition coefficient (Wildman–Crippen LogP) is 3.76. The molecule has 1 N–H and O–H groups in total. The normalized spacial score (nSPS) is 14.5. The van der Waals surface area contributed by atoms with Crippen molar-refractivity contribution >= 4 is 22.9 Å². The summed E-state index contributed by atoms with van der Waals surface area (Å²) in [6.45, 7) is 2.07. The van der Waals surface area contributed by atoms with Crippen LogP contribution in [0.1, 0.15) is 57.1 Å². The fourth-order valence-electron chi connectivity index (χ4n) is 2.79. The Labute approximate surface area is 129 Å². The molecule has 0 spiro atoms. The molecule has 1 aromatic heterocycles. The Morgan fingerprint density at radius 1 is 1.50 bits per heavy atom. The summed E-state index contributed by atoms with van der Waals surface area (Å²) >= 11 is 0. The highest BCUT2D eigenvalue weighted by Gasteiger charge is 2.25. The molecule has 0 aliphatic heterocycles. The van der Waals surface area contributed by atoms with Crippen LogP contribution in [0.25, 0.3) is 11.0 Å². The minimum Gasteiger partial charge on any atom is -0.307 e. The zero-order chi connectivity index (χ0) is 15.5. The van der Waals surface area contributed by atoms with Crippen molar-refractivity contribution in [3.8, 4) is 6.07 Å². The number of nitrogens with zero attached hydrogens (tertiary/aromatic N) is 3. The van der Waals surface area contributed by atoms with Crippen LogP contribution in [0.4, 0.5) is 5.95 Å². The Bertz CT molecular complexity index is 737. The third-order valence-electron chi connectivity index (χ3n) is 4.27. The third kappa shape index (κ3) is 2.69. The monoisotopic (exact) mass is 296 g/mol. The summed E-state index contributed by atoms with van der Waals surface area (Å²) in [4.78, 5) is 16.6. The summed E-state index contributed by atoms with van der Waals surface area (Å²) in [5.74, 6) is 0.633. The lowest BCUT2D eigenvalue weighted by Gasteiger charge is -2.29. The number of hydrogen-bond acceptors (Lipinski definition) is 3. The number of hydrogen-bond donors (Lipinski definition) is 1. The smallest absolute Gasteiger partial charge is 0.226 e. The Balaban J connectivity index is 1.97. The summed E-state index contributed by atoms with van der Waals surface area (Å²) < 4.78 is 2.10. The molecule has 1 heterocycles. The maximum absolute atomic E-state index is 12.0. The van der Waals surface area contributed by atoms with Gasteiger partial charge in [0.1, 0.15) is 0 Å². The van der Waals surface area contributed by atoms with Crippen LogP contribution >= 0.6 is 0 Å². The number of imidazole rings is 1. The van der Waals surface area contributed by atoms with Crippen LogP contribution in [0.3, 0.4) is 0 Å². The van der Waals surface area contributed by atoms with E-state index < -0.39 is 0 Å². The SMILES string of the molecule is CCCCC(=O)Nc1nc2ccc(C#N)cc2n1C1CCC1. The molecule has 0 saturated heterocycles. The number of nitriles is 1. The molecule has 1 aliphatic carbocycles. The van der Waals surface area contributed by atoms with E-state index >= 15 is 0 Å². The number of fused-ring (bicyclic) bond motifs is 1. The fraction of sp³-hybridized carbons (Fsp3) is 0.471. The first-order chi connectivity index (χ1) is 10.7. The van der Waals surface area contributed by atoms with Gasteiger partial charge in [0, 0.05) is 12.5 Å². The molecule has 1 fully saturated rings. The van der Waals surface area contributed by atoms with Crippen LogP contribution in [0.15, 0.2) is 18.2 Å². The van der Waals surface area contributed by atoms with E-state index in [1.165, 1.54) is 6.42 Å². The van der Waals surface area contributed by atoms with Crippen molar-refractivity contribution in [2.45, 2.75) is 51.5 Å². The van der Waals surface area contributed by atoms with E-state index in [-0.39, 0.29) is 5.91 Å². The molecule has 3 rings (SSSR count). The van der Waals surface area contributed by atoms with Crippen LogP contribution in [0.2, 0.25) is 0 Å². The average molecular weight is 296 g/mol. The van der Waals surface area contributed by atoms with E-state index in [0.717, 1.165) is 36.7 Å². The van der Waals surface area contributed by atoms with E-state index in [2.05, 4.69) is 27.9 Å². The maximum Gasteiger partial charge on any atom is 0.226 e. The standard InChI is InChI=1S/C17H20N4O/c1-2-3-7-16(22)20-17-19-14-9-8-12(11-18)10-15(14)21(17)13-5-4-6-13/h8-10,13H,2-7H2,1H3,(H,19,20,22). The molecular formula is C17H20N4O. The van der Waals surface area contributed by atoms with E-state index in [1.54, 1.807) is 6.07 Å². The number of anilines is 1. The molecule has 1 aliphatic rings. The molecule has 2 aromatic rings. The van der Waals surface area contributed by atoms with Gasteiger partial charge in [0.15, 0.2) is 0 Å². The minimum absolute atomic E-state index is 0.0123. The van der Waals surface area contributed by atoms with Gasteiger partial charge in [-0.1, -0.05) is 13.3 Å². The van der Waals surface area contributed by atoms with Crippen molar-refractivity contribution < 1.29 is 4.79 Å². The number of nitrogens with one attached hydrogen (secondary N) is 1. The number of rotatable bonds is 5. The third-order valence-corrected chi connectivity index (χ3v) is 4.27. The van der Waals surface area contributed by atoms with Crippen LogP contribution < -0.4 is 5.32 Å². The van der Waals surface area contributed by atoms with E-state index in [0.29, 0.717) is 24.0 Å². The van der Waals surface area contributed by atoms with Gasteiger partial charge in [-0.25, -0.2) is 4.98 Å². The number of aromatic nitrogens is 2. The van der Waals surface area contributed by atoms with Gasteiger partial charge >= 0.3 is 0 Å². The highest BCUT2D eigenvalue weighted by molar-refractivity contribution is 5.91. The van der Waals surface area contributed by atoms with Gasteiger partial charge in [-0.2, -0.15) is 5.26 Å². The summed E-state index contributed by atoms with van der Waals surface area (Å²) in [5, 5.41) is 12.0. The van der Waals surface area contributed by atoms with Crippen molar-refractivity contribution in [3.05, 3.63) is 23.8 Å². The molecule has 1 amide bonds. The number of amides is 1. The van der Waals surface area contributed by atoms with Gasteiger partial charge in [-0.15, -0.1) is 0 Å². The van der Waals surface area contributed by atoms with Crippen molar-refractivity contribution in [1.29, 1.82) is 5.26 Å². The quantitative estimate of drug-likeness (QED) is 0.913. The van der Waals surface area contributed by atoms with Crippen LogP contribution in [0.5, 0.6) is 0 Å². The lowest BCUT2D eigenvalue weighted by atomic mass is 9.92. The molecule has 0 bridgehead atoms. The predicted molar refractivity (Wildman–Crippen MR) is 85.5 cm³/mol. The minimum atomic E-state index is 0.0123. The van der Waals surface area contributed by atoms with Crippen LogP contribution in [-0.4, -0.2) is 15.5 Å². The molecule has 0 atom stereocenters. The molecule has 5 nitrogen and oxygen atoms in total. The topological polar surface area (TPSA) is 70.7 Å². The van der Waals surface area contributed by atoms with Gasteiger partial charge < -0.3 is 4.57 Å². The zero-order valence-electron chi connectivity index (χ0n) is 12.8. The summed E-state index contributed by atoms with van der Waals surface area (Å²) in [6, 6.07) is 8.03. The molecule has 22 heavy (non-hydrogen) atoms. The van der Waals surface area contributed by atoms with E-state index in [4.69, 9.17) is 5.26 Å². The Morgan fingerprint density at radius 3 is 2.95 bits per heavy atom. The molecular weight excluding hydrogens is 276 g/mol. The number of benzene rings is 1. The second-order valence-electron chi connectivity index (χ2n) is 5.86. The molecule has 0 radical (unpaired) electrons. The van der Waals surface area contributed by atoms with Crippen LogP contribution in [-0.2, 0) is 4.79 Å². The van der Waals surface area contributed by atoms with Crippen LogP contribution in [0, 0.1) is 11.3 Å². The number of carbonyl (C=O) groups is 1. The van der Waals surface area contributed by atoms with Crippen molar-refractivity contribution in [2.75, 3.05) is 5.32 Å². The number of carbonyl (C=O) groups excluding carboxylic acids is 1. The zero-order valence-corrected chi connectivity index (χ0v) is 12.8. The Kier molecular flexibility index (Phi) is 4.10. The average Bonchev–Trinajstić information content (AvgIpc) is 2.81. The maximum atomic E-state index is 12.0. The Hall–Kier alpha value is -2.35. The summed E-state index contributed by atoms with van der Waals surface area (Å²) in [6.07, 6.45) is 5.80. The van der Waals surface area contributed by atoms with Crippen molar-refractivity contribution in [1.82, 2.24) is 9.55 Å². The van der Waals surface area contributed by atoms with Crippen molar-refractivity contribution in [3.63, 3.8) is 0 Å². The van der Waals surface area contributed by atoms with E-state index in [1.807, 2.05) is 12.1 Å². The lowest BCUT2D eigenvalue weighted by molar-refractivity contribution is -0.116. The fourth-order valence-corrected chi connectivity index (χ4v) is 2.79. The highest BCUT2D eigenvalue weighted by atomic mass is 16.1. The first-order valence-corrected chi connectivity index (χ1v) is 7.95. The van der Waals surface area contributed by atoms with Gasteiger partial charge in [-0.05, 0) is 43.9 Å². The van der Waals surface area contributed by atoms with Gasteiger partial charge in [0.25, 0.3) is 0 Å². The van der Waals surface area contributed by atoms with Gasteiger partial charge in [-0.3, -0.25) is 10.1 Å². The molecule has 0 unspecified atom stereocenters. The number of unbranched alkanes of at least 4 members (excludes halogenated alkanes) is 1. The highest BCUT2D eigenvalue weighted by Crippen LogP contribution is 2.37. The largest absolute Gasteiger partial charge is 0.307 e. The van der Waals surface area contributed by atoms with Crippen molar-refractivity contribution in [2.24, 2.45) is 0 Å². The lowest BCUT2D eigenvalue weighted by Crippen LogP contribution is -2.22. The molecule has 1 saturated carbocycles. The summed E-state index contributed by atoms with van der Waals surface area (Å²) in [7, 11) is 0. The Morgan fingerprint density at radius 2 is 2.32 bits per heavy atom. The van der Waals surface area contributed by atoms with Gasteiger partial charge in [0.05, 0.1) is 22.7 Å². The molecule has 5 heteroatoms. The first-order valence-electron chi connectivity index (χ1n) is 7.95. The molecule has 114 valence electrons. The first kappa shape index (κ1) is 14.6.